The van der Waals surface area contributed by atoms with Crippen LogP contribution in [-0.2, 0) is 11.2 Å². The van der Waals surface area contributed by atoms with Gasteiger partial charge < -0.3 is 15.1 Å². The minimum atomic E-state index is 0.100. The predicted molar refractivity (Wildman–Crippen MR) is 114 cm³/mol. The van der Waals surface area contributed by atoms with Crippen molar-refractivity contribution in [2.24, 2.45) is 0 Å². The second kappa shape index (κ2) is 10.5. The zero-order chi connectivity index (χ0) is 18.9. The summed E-state index contributed by atoms with van der Waals surface area (Å²) < 4.78 is 0. The number of rotatable bonds is 8. The smallest absolute Gasteiger partial charge is 0.225 e. The number of amides is 1. The molecule has 0 radical (unpaired) electrons. The third-order valence-corrected chi connectivity index (χ3v) is 5.86. The Morgan fingerprint density at radius 3 is 2.26 bits per heavy atom. The molecule has 2 aromatic rings. The van der Waals surface area contributed by atoms with Gasteiger partial charge in [0.15, 0.2) is 0 Å². The lowest BCUT2D eigenvalue weighted by atomic mass is 10.1. The standard InChI is InChI=1S/C22H29N3OS/c1-27-21-10-6-5-9-20(21)23-22(26)12-14-25-17-15-24(16-18-25)13-11-19-7-3-2-4-8-19/h2-10H,11-18H2,1H3,(H,23,26). The fourth-order valence-electron chi connectivity index (χ4n) is 3.39. The molecule has 27 heavy (non-hydrogen) atoms. The Hall–Kier alpha value is -1.82. The highest BCUT2D eigenvalue weighted by Crippen LogP contribution is 2.24. The molecule has 0 aliphatic carbocycles. The molecule has 5 heteroatoms. The molecule has 0 unspecified atom stereocenters. The lowest BCUT2D eigenvalue weighted by Crippen LogP contribution is -2.47. The Morgan fingerprint density at radius 2 is 1.56 bits per heavy atom. The Labute approximate surface area is 166 Å². The predicted octanol–water partition coefficient (Wildman–Crippen LogP) is 3.60. The van der Waals surface area contributed by atoms with Crippen molar-refractivity contribution in [3.8, 4) is 0 Å². The van der Waals surface area contributed by atoms with Crippen LogP contribution in [0.15, 0.2) is 59.5 Å². The summed E-state index contributed by atoms with van der Waals surface area (Å²) in [4.78, 5) is 18.3. The molecule has 1 aliphatic rings. The molecule has 4 nitrogen and oxygen atoms in total. The van der Waals surface area contributed by atoms with Gasteiger partial charge in [-0.15, -0.1) is 11.8 Å². The number of nitrogens with one attached hydrogen (secondary N) is 1. The van der Waals surface area contributed by atoms with E-state index >= 15 is 0 Å². The second-order valence-corrected chi connectivity index (χ2v) is 7.77. The Kier molecular flexibility index (Phi) is 7.75. The first kappa shape index (κ1) is 19.9. The van der Waals surface area contributed by atoms with Crippen molar-refractivity contribution in [1.29, 1.82) is 0 Å². The maximum absolute atomic E-state index is 12.3. The van der Waals surface area contributed by atoms with Crippen LogP contribution in [0.4, 0.5) is 5.69 Å². The highest BCUT2D eigenvalue weighted by molar-refractivity contribution is 7.98. The number of hydrogen-bond acceptors (Lipinski definition) is 4. The average molecular weight is 384 g/mol. The third kappa shape index (κ3) is 6.38. The van der Waals surface area contributed by atoms with Crippen LogP contribution in [0.5, 0.6) is 0 Å². The summed E-state index contributed by atoms with van der Waals surface area (Å²) in [5, 5.41) is 3.05. The number of hydrogen-bond donors (Lipinski definition) is 1. The van der Waals surface area contributed by atoms with Crippen LogP contribution < -0.4 is 5.32 Å². The molecular formula is C22H29N3OS. The van der Waals surface area contributed by atoms with Crippen molar-refractivity contribution in [3.63, 3.8) is 0 Å². The van der Waals surface area contributed by atoms with Crippen LogP contribution in [0.1, 0.15) is 12.0 Å². The van der Waals surface area contributed by atoms with Crippen LogP contribution in [0.2, 0.25) is 0 Å². The van der Waals surface area contributed by atoms with Gasteiger partial charge in [0.25, 0.3) is 0 Å². The number of carbonyl (C=O) groups is 1. The fourth-order valence-corrected chi connectivity index (χ4v) is 3.94. The first-order valence-electron chi connectivity index (χ1n) is 9.66. The maximum atomic E-state index is 12.3. The minimum Gasteiger partial charge on any atom is -0.325 e. The first-order valence-corrected chi connectivity index (χ1v) is 10.9. The molecule has 1 aliphatic heterocycles. The van der Waals surface area contributed by atoms with Crippen molar-refractivity contribution >= 4 is 23.4 Å². The van der Waals surface area contributed by atoms with Crippen molar-refractivity contribution in [3.05, 3.63) is 60.2 Å². The van der Waals surface area contributed by atoms with Gasteiger partial charge in [-0.3, -0.25) is 4.79 Å². The van der Waals surface area contributed by atoms with Gasteiger partial charge in [0.1, 0.15) is 0 Å². The van der Waals surface area contributed by atoms with Gasteiger partial charge in [0.05, 0.1) is 5.69 Å². The molecule has 0 atom stereocenters. The molecule has 1 heterocycles. The van der Waals surface area contributed by atoms with Crippen molar-refractivity contribution in [2.45, 2.75) is 17.7 Å². The number of para-hydroxylation sites is 1. The Bertz CT molecular complexity index is 715. The van der Waals surface area contributed by atoms with E-state index in [0.717, 1.165) is 56.3 Å². The normalized spacial score (nSPS) is 15.6. The lowest BCUT2D eigenvalue weighted by Gasteiger charge is -2.34. The monoisotopic (exact) mass is 383 g/mol. The van der Waals surface area contributed by atoms with Gasteiger partial charge in [0, 0.05) is 50.6 Å². The van der Waals surface area contributed by atoms with Gasteiger partial charge in [0.2, 0.25) is 5.91 Å². The largest absolute Gasteiger partial charge is 0.325 e. The van der Waals surface area contributed by atoms with E-state index in [9.17, 15) is 4.79 Å². The zero-order valence-corrected chi connectivity index (χ0v) is 16.9. The molecular weight excluding hydrogens is 354 g/mol. The van der Waals surface area contributed by atoms with Gasteiger partial charge in [-0.25, -0.2) is 0 Å². The second-order valence-electron chi connectivity index (χ2n) is 6.92. The number of anilines is 1. The van der Waals surface area contributed by atoms with Crippen LogP contribution >= 0.6 is 11.8 Å². The average Bonchev–Trinajstić information content (AvgIpc) is 2.72. The van der Waals surface area contributed by atoms with Crippen LogP contribution in [0.3, 0.4) is 0 Å². The highest BCUT2D eigenvalue weighted by Gasteiger charge is 2.17. The van der Waals surface area contributed by atoms with Gasteiger partial charge in [-0.1, -0.05) is 42.5 Å². The minimum absolute atomic E-state index is 0.100. The van der Waals surface area contributed by atoms with E-state index in [1.165, 1.54) is 5.56 Å². The molecule has 1 saturated heterocycles. The number of thioether (sulfide) groups is 1. The summed E-state index contributed by atoms with van der Waals surface area (Å²) in [6, 6.07) is 18.6. The van der Waals surface area contributed by atoms with E-state index in [1.807, 2.05) is 30.5 Å². The summed E-state index contributed by atoms with van der Waals surface area (Å²) >= 11 is 1.66. The SMILES string of the molecule is CSc1ccccc1NC(=O)CCN1CCN(CCc2ccccc2)CC1. The molecule has 0 spiro atoms. The quantitative estimate of drug-likeness (QED) is 0.707. The molecule has 2 aromatic carbocycles. The summed E-state index contributed by atoms with van der Waals surface area (Å²) in [7, 11) is 0. The van der Waals surface area contributed by atoms with Gasteiger partial charge in [-0.2, -0.15) is 0 Å². The molecule has 1 amide bonds. The maximum Gasteiger partial charge on any atom is 0.225 e. The van der Waals surface area contributed by atoms with Crippen LogP contribution in [0, 0.1) is 0 Å². The molecule has 0 saturated carbocycles. The Morgan fingerprint density at radius 1 is 0.926 bits per heavy atom. The Balaban J connectivity index is 1.35. The molecule has 0 bridgehead atoms. The van der Waals surface area contributed by atoms with E-state index < -0.39 is 0 Å². The van der Waals surface area contributed by atoms with Crippen LogP contribution in [-0.4, -0.2) is 61.2 Å². The molecule has 1 N–H and O–H groups in total. The zero-order valence-electron chi connectivity index (χ0n) is 16.1. The fraction of sp³-hybridized carbons (Fsp3) is 0.409. The number of nitrogens with zero attached hydrogens (tertiary/aromatic N) is 2. The topological polar surface area (TPSA) is 35.6 Å². The lowest BCUT2D eigenvalue weighted by molar-refractivity contribution is -0.116. The van der Waals surface area contributed by atoms with E-state index in [2.05, 4.69) is 45.4 Å². The summed E-state index contributed by atoms with van der Waals surface area (Å²) in [5.74, 6) is 0.100. The summed E-state index contributed by atoms with van der Waals surface area (Å²) in [6.07, 6.45) is 3.69. The first-order chi connectivity index (χ1) is 13.2. The van der Waals surface area contributed by atoms with Gasteiger partial charge in [-0.05, 0) is 30.4 Å². The third-order valence-electron chi connectivity index (χ3n) is 5.06. The van der Waals surface area contributed by atoms with Gasteiger partial charge >= 0.3 is 0 Å². The van der Waals surface area contributed by atoms with E-state index in [-0.39, 0.29) is 5.91 Å². The molecule has 144 valence electrons. The molecule has 1 fully saturated rings. The van der Waals surface area contributed by atoms with E-state index in [4.69, 9.17) is 0 Å². The summed E-state index contributed by atoms with van der Waals surface area (Å²) in [5.41, 5.74) is 2.32. The number of benzene rings is 2. The van der Waals surface area contributed by atoms with Crippen LogP contribution in [0.25, 0.3) is 0 Å². The van der Waals surface area contributed by atoms with E-state index in [0.29, 0.717) is 6.42 Å². The number of piperazine rings is 1. The highest BCUT2D eigenvalue weighted by atomic mass is 32.2. The van der Waals surface area contributed by atoms with Crippen molar-refractivity contribution in [1.82, 2.24) is 9.80 Å². The van der Waals surface area contributed by atoms with E-state index in [1.54, 1.807) is 11.8 Å². The van der Waals surface area contributed by atoms with Crippen molar-refractivity contribution in [2.75, 3.05) is 50.8 Å². The molecule has 0 aromatic heterocycles. The van der Waals surface area contributed by atoms with Crippen molar-refractivity contribution < 1.29 is 4.79 Å². The number of carbonyl (C=O) groups excluding carboxylic acids is 1. The molecule has 3 rings (SSSR count). The summed E-state index contributed by atoms with van der Waals surface area (Å²) in [6.45, 7) is 6.21.